The number of hydrogen-bond acceptors (Lipinski definition) is 4. The average molecular weight is 269 g/mol. The number of piperidine rings is 1. The predicted molar refractivity (Wildman–Crippen MR) is 71.3 cm³/mol. The average Bonchev–Trinajstić information content (AvgIpc) is 2.33. The van der Waals surface area contributed by atoms with E-state index in [-0.39, 0.29) is 4.90 Å². The van der Waals surface area contributed by atoms with E-state index < -0.39 is 10.0 Å². The van der Waals surface area contributed by atoms with Gasteiger partial charge in [-0.3, -0.25) is 0 Å². The fourth-order valence-corrected chi connectivity index (χ4v) is 3.23. The summed E-state index contributed by atoms with van der Waals surface area (Å²) in [6.45, 7) is 3.34. The van der Waals surface area contributed by atoms with Gasteiger partial charge in [0.05, 0.1) is 4.90 Å². The Bertz CT molecular complexity index is 522. The van der Waals surface area contributed by atoms with Crippen molar-refractivity contribution in [3.05, 3.63) is 23.8 Å². The highest BCUT2D eigenvalue weighted by Gasteiger charge is 2.20. The third kappa shape index (κ3) is 3.01. The first-order valence-corrected chi connectivity index (χ1v) is 7.61. The molecule has 0 saturated carbocycles. The number of nitrogens with two attached hydrogens (primary N) is 1. The van der Waals surface area contributed by atoms with Gasteiger partial charge in [0.2, 0.25) is 0 Å². The van der Waals surface area contributed by atoms with E-state index in [2.05, 4.69) is 4.83 Å². The summed E-state index contributed by atoms with van der Waals surface area (Å²) in [5.74, 6) is 0. The SMILES string of the molecule is Cc1cc(S(=O)(=O)NN2CCCCC2)ccc1N. The van der Waals surface area contributed by atoms with Gasteiger partial charge in [0.15, 0.2) is 0 Å². The van der Waals surface area contributed by atoms with Crippen LogP contribution in [0.2, 0.25) is 0 Å². The number of benzene rings is 1. The Hall–Kier alpha value is -1.11. The van der Waals surface area contributed by atoms with Gasteiger partial charge in [0.25, 0.3) is 10.0 Å². The second-order valence-electron chi connectivity index (χ2n) is 4.66. The highest BCUT2D eigenvalue weighted by atomic mass is 32.2. The van der Waals surface area contributed by atoms with Crippen molar-refractivity contribution in [2.75, 3.05) is 18.8 Å². The maximum absolute atomic E-state index is 12.2. The Morgan fingerprint density at radius 3 is 2.50 bits per heavy atom. The van der Waals surface area contributed by atoms with Crippen LogP contribution in [0.4, 0.5) is 5.69 Å². The molecule has 0 spiro atoms. The maximum atomic E-state index is 12.2. The third-order valence-electron chi connectivity index (χ3n) is 3.16. The number of nitrogens with one attached hydrogen (secondary N) is 1. The molecule has 0 unspecified atom stereocenters. The zero-order chi connectivity index (χ0) is 13.2. The molecule has 0 radical (unpaired) electrons. The van der Waals surface area contributed by atoms with E-state index in [0.29, 0.717) is 5.69 Å². The van der Waals surface area contributed by atoms with Gasteiger partial charge in [-0.05, 0) is 43.5 Å². The van der Waals surface area contributed by atoms with E-state index in [1.807, 2.05) is 0 Å². The lowest BCUT2D eigenvalue weighted by Gasteiger charge is -2.26. The molecule has 0 amide bonds. The molecule has 3 N–H and O–H groups in total. The molecule has 1 aromatic rings. The van der Waals surface area contributed by atoms with Gasteiger partial charge in [0.1, 0.15) is 0 Å². The van der Waals surface area contributed by atoms with Crippen molar-refractivity contribution in [1.29, 1.82) is 0 Å². The van der Waals surface area contributed by atoms with E-state index in [1.54, 1.807) is 24.1 Å². The normalized spacial score (nSPS) is 17.8. The van der Waals surface area contributed by atoms with E-state index in [0.717, 1.165) is 31.5 Å². The molecule has 0 aromatic heterocycles. The lowest BCUT2D eigenvalue weighted by molar-refractivity contribution is 0.200. The number of anilines is 1. The van der Waals surface area contributed by atoms with Crippen LogP contribution in [0.15, 0.2) is 23.1 Å². The zero-order valence-electron chi connectivity index (χ0n) is 10.5. The fraction of sp³-hybridized carbons (Fsp3) is 0.500. The summed E-state index contributed by atoms with van der Waals surface area (Å²) >= 11 is 0. The molecule has 2 rings (SSSR count). The number of hydrazine groups is 1. The van der Waals surface area contributed by atoms with Crippen LogP contribution in [0.5, 0.6) is 0 Å². The molecule has 1 heterocycles. The van der Waals surface area contributed by atoms with Crippen LogP contribution in [0.3, 0.4) is 0 Å². The lowest BCUT2D eigenvalue weighted by Crippen LogP contribution is -2.44. The molecular formula is C12H19N3O2S. The summed E-state index contributed by atoms with van der Waals surface area (Å²) in [7, 11) is -3.48. The molecule has 0 bridgehead atoms. The summed E-state index contributed by atoms with van der Waals surface area (Å²) in [4.78, 5) is 2.89. The Balaban J connectivity index is 2.16. The summed E-state index contributed by atoms with van der Waals surface area (Å²) < 4.78 is 24.3. The maximum Gasteiger partial charge on any atom is 0.253 e. The number of rotatable bonds is 3. The molecule has 1 fully saturated rings. The summed E-state index contributed by atoms with van der Waals surface area (Å²) in [5.41, 5.74) is 7.07. The molecule has 100 valence electrons. The van der Waals surface area contributed by atoms with Crippen molar-refractivity contribution in [1.82, 2.24) is 9.84 Å². The molecule has 6 heteroatoms. The van der Waals surface area contributed by atoms with Gasteiger partial charge in [-0.1, -0.05) is 6.42 Å². The number of sulfonamides is 1. The quantitative estimate of drug-likeness (QED) is 0.810. The second kappa shape index (κ2) is 5.26. The predicted octanol–water partition coefficient (Wildman–Crippen LogP) is 1.26. The van der Waals surface area contributed by atoms with E-state index >= 15 is 0 Å². The monoisotopic (exact) mass is 269 g/mol. The molecule has 0 atom stereocenters. The molecule has 0 aliphatic carbocycles. The standard InChI is InChI=1S/C12H19N3O2S/c1-10-9-11(5-6-12(10)13)18(16,17)14-15-7-3-2-4-8-15/h5-6,9,14H,2-4,7-8,13H2,1H3. The molecule has 1 aliphatic rings. The van der Waals surface area contributed by atoms with Crippen LogP contribution in [0.1, 0.15) is 24.8 Å². The van der Waals surface area contributed by atoms with E-state index in [1.165, 1.54) is 12.5 Å². The fourth-order valence-electron chi connectivity index (χ4n) is 2.02. The summed E-state index contributed by atoms with van der Waals surface area (Å²) in [6.07, 6.45) is 3.23. The van der Waals surface area contributed by atoms with E-state index in [4.69, 9.17) is 5.73 Å². The number of nitrogen functional groups attached to an aromatic ring is 1. The van der Waals surface area contributed by atoms with Crippen molar-refractivity contribution < 1.29 is 8.42 Å². The highest BCUT2D eigenvalue weighted by Crippen LogP contribution is 2.17. The van der Waals surface area contributed by atoms with Gasteiger partial charge in [-0.15, -0.1) is 4.83 Å². The molecule has 1 aliphatic heterocycles. The molecule has 18 heavy (non-hydrogen) atoms. The van der Waals surface area contributed by atoms with Crippen molar-refractivity contribution in [2.24, 2.45) is 0 Å². The van der Waals surface area contributed by atoms with Gasteiger partial charge >= 0.3 is 0 Å². The highest BCUT2D eigenvalue weighted by molar-refractivity contribution is 7.89. The van der Waals surface area contributed by atoms with Crippen LogP contribution in [-0.4, -0.2) is 26.5 Å². The van der Waals surface area contributed by atoms with Crippen LogP contribution < -0.4 is 10.6 Å². The second-order valence-corrected chi connectivity index (χ2v) is 6.32. The Kier molecular flexibility index (Phi) is 3.89. The Morgan fingerprint density at radius 1 is 1.22 bits per heavy atom. The first-order chi connectivity index (χ1) is 8.49. The van der Waals surface area contributed by atoms with Crippen molar-refractivity contribution >= 4 is 15.7 Å². The molecular weight excluding hydrogens is 250 g/mol. The smallest absolute Gasteiger partial charge is 0.253 e. The topological polar surface area (TPSA) is 75.4 Å². The van der Waals surface area contributed by atoms with Gasteiger partial charge in [-0.2, -0.15) is 0 Å². The van der Waals surface area contributed by atoms with Gasteiger partial charge in [0, 0.05) is 18.8 Å². The molecule has 1 saturated heterocycles. The van der Waals surface area contributed by atoms with Gasteiger partial charge in [-0.25, -0.2) is 13.4 Å². The van der Waals surface area contributed by atoms with Crippen LogP contribution >= 0.6 is 0 Å². The number of hydrogen-bond donors (Lipinski definition) is 2. The van der Waals surface area contributed by atoms with Crippen LogP contribution in [-0.2, 0) is 10.0 Å². The molecule has 5 nitrogen and oxygen atoms in total. The summed E-state index contributed by atoms with van der Waals surface area (Å²) in [5, 5.41) is 1.77. The number of aryl methyl sites for hydroxylation is 1. The Morgan fingerprint density at radius 2 is 1.89 bits per heavy atom. The minimum atomic E-state index is -3.48. The first-order valence-electron chi connectivity index (χ1n) is 6.12. The van der Waals surface area contributed by atoms with Crippen molar-refractivity contribution in [3.63, 3.8) is 0 Å². The van der Waals surface area contributed by atoms with Crippen LogP contribution in [0.25, 0.3) is 0 Å². The number of nitrogens with zero attached hydrogens (tertiary/aromatic N) is 1. The first kappa shape index (κ1) is 13.3. The minimum absolute atomic E-state index is 0.264. The zero-order valence-corrected chi connectivity index (χ0v) is 11.3. The van der Waals surface area contributed by atoms with Crippen molar-refractivity contribution in [3.8, 4) is 0 Å². The van der Waals surface area contributed by atoms with E-state index in [9.17, 15) is 8.42 Å². The largest absolute Gasteiger partial charge is 0.399 e. The minimum Gasteiger partial charge on any atom is -0.399 e. The van der Waals surface area contributed by atoms with Gasteiger partial charge < -0.3 is 5.73 Å². The van der Waals surface area contributed by atoms with Crippen LogP contribution in [0, 0.1) is 6.92 Å². The Labute approximate surface area is 108 Å². The third-order valence-corrected chi connectivity index (χ3v) is 4.53. The lowest BCUT2D eigenvalue weighted by atomic mass is 10.2. The van der Waals surface area contributed by atoms with Crippen molar-refractivity contribution in [2.45, 2.75) is 31.1 Å². The molecule has 1 aromatic carbocycles. The summed E-state index contributed by atoms with van der Waals surface area (Å²) in [6, 6.07) is 4.76.